The molecule has 1 aromatic carbocycles. The van der Waals surface area contributed by atoms with Crippen LogP contribution in [0.2, 0.25) is 0 Å². The van der Waals surface area contributed by atoms with Crippen molar-refractivity contribution in [3.63, 3.8) is 0 Å². The Labute approximate surface area is 102 Å². The highest BCUT2D eigenvalue weighted by Crippen LogP contribution is 2.32. The van der Waals surface area contributed by atoms with E-state index in [1.54, 1.807) is 0 Å². The Balaban J connectivity index is 2.64. The summed E-state index contributed by atoms with van der Waals surface area (Å²) in [6.45, 7) is 0. The highest BCUT2D eigenvalue weighted by molar-refractivity contribution is 7.90. The Hall–Kier alpha value is -2.09. The van der Waals surface area contributed by atoms with Gasteiger partial charge in [-0.2, -0.15) is 5.10 Å². The maximum atomic E-state index is 13.7. The third-order valence-electron chi connectivity index (χ3n) is 2.34. The number of aromatic hydroxyl groups is 1. The summed E-state index contributed by atoms with van der Waals surface area (Å²) >= 11 is 0. The van der Waals surface area contributed by atoms with Crippen LogP contribution in [0.1, 0.15) is 0 Å². The van der Waals surface area contributed by atoms with Gasteiger partial charge >= 0.3 is 0 Å². The van der Waals surface area contributed by atoms with Crippen LogP contribution in [0.15, 0.2) is 23.1 Å². The smallest absolute Gasteiger partial charge is 0.178 e. The fourth-order valence-electron chi connectivity index (χ4n) is 1.52. The lowest BCUT2D eigenvalue weighted by Crippen LogP contribution is -2.01. The average Bonchev–Trinajstić information content (AvgIpc) is 2.66. The molecule has 96 valence electrons. The number of halogens is 1. The number of hydrogen-bond donors (Lipinski definition) is 3. The zero-order chi connectivity index (χ0) is 13.5. The number of hydrogen-bond acceptors (Lipinski definition) is 5. The first-order chi connectivity index (χ1) is 8.29. The number of rotatable bonds is 2. The molecule has 2 aromatic rings. The second kappa shape index (κ2) is 3.98. The molecule has 0 radical (unpaired) electrons. The Morgan fingerprint density at radius 1 is 1.39 bits per heavy atom. The van der Waals surface area contributed by atoms with Gasteiger partial charge in [-0.25, -0.2) is 12.8 Å². The van der Waals surface area contributed by atoms with E-state index in [0.29, 0.717) is 5.69 Å². The van der Waals surface area contributed by atoms with Gasteiger partial charge < -0.3 is 10.8 Å². The average molecular weight is 271 g/mol. The molecule has 18 heavy (non-hydrogen) atoms. The summed E-state index contributed by atoms with van der Waals surface area (Å²) in [5.41, 5.74) is 5.77. The molecule has 0 amide bonds. The van der Waals surface area contributed by atoms with Gasteiger partial charge in [0.1, 0.15) is 22.3 Å². The van der Waals surface area contributed by atoms with E-state index in [1.807, 2.05) is 0 Å². The minimum absolute atomic E-state index is 0.0871. The van der Waals surface area contributed by atoms with Gasteiger partial charge in [0.25, 0.3) is 0 Å². The first kappa shape index (κ1) is 12.4. The van der Waals surface area contributed by atoms with Gasteiger partial charge in [0.2, 0.25) is 0 Å². The predicted octanol–water partition coefficient (Wildman–Crippen LogP) is 0.907. The molecule has 0 saturated carbocycles. The van der Waals surface area contributed by atoms with Crippen molar-refractivity contribution in [3.8, 4) is 17.0 Å². The highest BCUT2D eigenvalue weighted by atomic mass is 32.2. The highest BCUT2D eigenvalue weighted by Gasteiger charge is 2.18. The molecule has 0 atom stereocenters. The summed E-state index contributed by atoms with van der Waals surface area (Å²) in [4.78, 5) is -0.559. The number of benzene rings is 1. The second-order valence-electron chi connectivity index (χ2n) is 3.78. The molecular weight excluding hydrogens is 261 g/mol. The van der Waals surface area contributed by atoms with Gasteiger partial charge in [0, 0.05) is 24.0 Å². The zero-order valence-electron chi connectivity index (χ0n) is 9.31. The van der Waals surface area contributed by atoms with Gasteiger partial charge in [-0.1, -0.05) is 0 Å². The van der Waals surface area contributed by atoms with Crippen LogP contribution in [0.25, 0.3) is 11.3 Å². The summed E-state index contributed by atoms with van der Waals surface area (Å²) in [5.74, 6) is -1.14. The first-order valence-corrected chi connectivity index (χ1v) is 6.72. The minimum Gasteiger partial charge on any atom is -0.507 e. The Kier molecular flexibility index (Phi) is 2.74. The summed E-state index contributed by atoms with van der Waals surface area (Å²) in [7, 11) is -3.74. The van der Waals surface area contributed by atoms with E-state index in [0.717, 1.165) is 18.4 Å². The van der Waals surface area contributed by atoms with Crippen molar-refractivity contribution >= 4 is 15.7 Å². The van der Waals surface area contributed by atoms with Crippen LogP contribution in [0, 0.1) is 5.82 Å². The van der Waals surface area contributed by atoms with Gasteiger partial charge in [-0.3, -0.25) is 5.10 Å². The number of phenols is 1. The first-order valence-electron chi connectivity index (χ1n) is 4.83. The number of sulfone groups is 1. The molecule has 0 saturated heterocycles. The fourth-order valence-corrected chi connectivity index (χ4v) is 2.26. The Morgan fingerprint density at radius 3 is 2.56 bits per heavy atom. The van der Waals surface area contributed by atoms with Crippen LogP contribution in [0.3, 0.4) is 0 Å². The van der Waals surface area contributed by atoms with Gasteiger partial charge in [-0.15, -0.1) is 0 Å². The molecule has 0 fully saturated rings. The standard InChI is InChI=1S/C10H10FN3O3S/c1-18(16,17)9-4-8(15)5(2-6(9)11)7-3-10(12)14-13-7/h2-4,15H,1H3,(H3,12,13,14). The van der Waals surface area contributed by atoms with Crippen molar-refractivity contribution in [2.75, 3.05) is 12.0 Å². The van der Waals surface area contributed by atoms with Crippen LogP contribution < -0.4 is 5.73 Å². The lowest BCUT2D eigenvalue weighted by Gasteiger charge is -2.06. The summed E-state index contributed by atoms with van der Waals surface area (Å²) < 4.78 is 36.2. The number of anilines is 1. The normalized spacial score (nSPS) is 11.7. The number of aromatic amines is 1. The van der Waals surface area contributed by atoms with E-state index in [2.05, 4.69) is 10.2 Å². The van der Waals surface area contributed by atoms with Gasteiger partial charge in [-0.05, 0) is 6.07 Å². The van der Waals surface area contributed by atoms with E-state index < -0.39 is 20.5 Å². The van der Waals surface area contributed by atoms with E-state index >= 15 is 0 Å². The number of nitrogens with two attached hydrogens (primary N) is 1. The predicted molar refractivity (Wildman–Crippen MR) is 63.2 cm³/mol. The van der Waals surface area contributed by atoms with Crippen molar-refractivity contribution in [3.05, 3.63) is 24.0 Å². The Morgan fingerprint density at radius 2 is 2.06 bits per heavy atom. The molecular formula is C10H10FN3O3S. The molecule has 0 aliphatic heterocycles. The SMILES string of the molecule is CS(=O)(=O)c1cc(O)c(-c2cc(N)n[nH]2)cc1F. The monoisotopic (exact) mass is 271 g/mol. The topological polar surface area (TPSA) is 109 Å². The van der Waals surface area contributed by atoms with Crippen molar-refractivity contribution in [2.45, 2.75) is 4.90 Å². The number of nitrogens with zero attached hydrogens (tertiary/aromatic N) is 1. The van der Waals surface area contributed by atoms with E-state index in [9.17, 15) is 17.9 Å². The van der Waals surface area contributed by atoms with Gasteiger partial charge in [0.05, 0.1) is 5.69 Å². The largest absolute Gasteiger partial charge is 0.507 e. The number of aromatic nitrogens is 2. The van der Waals surface area contributed by atoms with Crippen LogP contribution in [0.4, 0.5) is 10.2 Å². The van der Waals surface area contributed by atoms with Crippen molar-refractivity contribution < 1.29 is 17.9 Å². The van der Waals surface area contributed by atoms with E-state index in [-0.39, 0.29) is 17.1 Å². The van der Waals surface area contributed by atoms with E-state index in [1.165, 1.54) is 6.07 Å². The Bertz CT molecular complexity index is 709. The van der Waals surface area contributed by atoms with Crippen molar-refractivity contribution in [1.29, 1.82) is 0 Å². The number of nitrogen functional groups attached to an aromatic ring is 1. The van der Waals surface area contributed by atoms with Crippen LogP contribution in [-0.2, 0) is 9.84 Å². The molecule has 0 bridgehead atoms. The lowest BCUT2D eigenvalue weighted by molar-refractivity contribution is 0.470. The number of nitrogens with one attached hydrogen (secondary N) is 1. The molecule has 6 nitrogen and oxygen atoms in total. The minimum atomic E-state index is -3.74. The van der Waals surface area contributed by atoms with Crippen molar-refractivity contribution in [1.82, 2.24) is 10.2 Å². The molecule has 1 heterocycles. The van der Waals surface area contributed by atoms with Crippen LogP contribution in [0.5, 0.6) is 5.75 Å². The zero-order valence-corrected chi connectivity index (χ0v) is 10.1. The van der Waals surface area contributed by atoms with Crippen molar-refractivity contribution in [2.24, 2.45) is 0 Å². The lowest BCUT2D eigenvalue weighted by atomic mass is 10.1. The van der Waals surface area contributed by atoms with Crippen LogP contribution in [-0.4, -0.2) is 30.0 Å². The third-order valence-corrected chi connectivity index (χ3v) is 3.45. The number of phenolic OH excluding ortho intramolecular Hbond substituents is 1. The summed E-state index contributed by atoms with van der Waals surface area (Å²) in [6, 6.07) is 3.17. The maximum Gasteiger partial charge on any atom is 0.178 e. The molecule has 0 aliphatic rings. The molecule has 8 heteroatoms. The third kappa shape index (κ3) is 2.14. The summed E-state index contributed by atoms with van der Waals surface area (Å²) in [5, 5.41) is 15.9. The summed E-state index contributed by atoms with van der Waals surface area (Å²) in [6.07, 6.45) is 0.860. The van der Waals surface area contributed by atoms with Crippen LogP contribution >= 0.6 is 0 Å². The molecule has 0 spiro atoms. The molecule has 0 unspecified atom stereocenters. The second-order valence-corrected chi connectivity index (χ2v) is 5.76. The number of H-pyrrole nitrogens is 1. The molecule has 0 aliphatic carbocycles. The maximum absolute atomic E-state index is 13.7. The molecule has 2 rings (SSSR count). The molecule has 4 N–H and O–H groups in total. The van der Waals surface area contributed by atoms with E-state index in [4.69, 9.17) is 5.73 Å². The fraction of sp³-hybridized carbons (Fsp3) is 0.100. The van der Waals surface area contributed by atoms with Gasteiger partial charge in [0.15, 0.2) is 9.84 Å². The quantitative estimate of drug-likeness (QED) is 0.752. The molecule has 1 aromatic heterocycles.